The highest BCUT2D eigenvalue weighted by Gasteiger charge is 2.32. The van der Waals surface area contributed by atoms with Crippen LogP contribution in [0.15, 0.2) is 30.3 Å². The quantitative estimate of drug-likeness (QED) is 0.723. The molecule has 0 saturated heterocycles. The van der Waals surface area contributed by atoms with E-state index in [1.165, 1.54) is 25.7 Å². The van der Waals surface area contributed by atoms with Crippen LogP contribution < -0.4 is 0 Å². The van der Waals surface area contributed by atoms with Crippen molar-refractivity contribution < 1.29 is 14.6 Å². The molecule has 25 heavy (non-hydrogen) atoms. The second kappa shape index (κ2) is 9.38. The Morgan fingerprint density at radius 3 is 2.20 bits per heavy atom. The Kier molecular flexibility index (Phi) is 6.92. The fraction of sp³-hybridized carbons (Fsp3) is 0.682. The van der Waals surface area contributed by atoms with Gasteiger partial charge in [-0.25, -0.2) is 0 Å². The van der Waals surface area contributed by atoms with E-state index in [9.17, 15) is 9.90 Å². The Balaban J connectivity index is 1.65. The monoisotopic (exact) mass is 344 g/mol. The van der Waals surface area contributed by atoms with Crippen molar-refractivity contribution in [2.45, 2.75) is 82.8 Å². The molecule has 1 aromatic carbocycles. The number of ether oxygens (including phenoxy) is 1. The molecule has 1 aromatic rings. The van der Waals surface area contributed by atoms with Crippen LogP contribution in [0.5, 0.6) is 0 Å². The summed E-state index contributed by atoms with van der Waals surface area (Å²) < 4.78 is 6.02. The molecule has 0 radical (unpaired) electrons. The van der Waals surface area contributed by atoms with Gasteiger partial charge in [0.25, 0.3) is 0 Å². The minimum Gasteiger partial charge on any atom is -0.462 e. The number of carbonyl (C=O) groups excluding carboxylic acids is 1. The third-order valence-electron chi connectivity index (χ3n) is 6.02. The summed E-state index contributed by atoms with van der Waals surface area (Å²) in [4.78, 5) is 12.7. The molecule has 3 nitrogen and oxygen atoms in total. The van der Waals surface area contributed by atoms with Gasteiger partial charge in [0.1, 0.15) is 6.10 Å². The summed E-state index contributed by atoms with van der Waals surface area (Å²) in [5.74, 6) is 0.462. The maximum Gasteiger partial charge on any atom is 0.309 e. The van der Waals surface area contributed by atoms with Gasteiger partial charge in [-0.2, -0.15) is 0 Å². The third-order valence-corrected chi connectivity index (χ3v) is 6.02. The second-order valence-corrected chi connectivity index (χ2v) is 7.87. The van der Waals surface area contributed by atoms with E-state index < -0.39 is 6.10 Å². The minimum atomic E-state index is -0.563. The van der Waals surface area contributed by atoms with Crippen LogP contribution in [0, 0.1) is 11.8 Å². The van der Waals surface area contributed by atoms with Gasteiger partial charge in [0, 0.05) is 6.42 Å². The Labute approximate surface area is 151 Å². The molecule has 2 fully saturated rings. The number of aliphatic hydroxyl groups excluding tert-OH is 1. The van der Waals surface area contributed by atoms with Crippen LogP contribution in [-0.4, -0.2) is 17.2 Å². The largest absolute Gasteiger partial charge is 0.462 e. The van der Waals surface area contributed by atoms with Crippen LogP contribution in [0.2, 0.25) is 0 Å². The summed E-state index contributed by atoms with van der Waals surface area (Å²) in [6.07, 6.45) is 11.2. The van der Waals surface area contributed by atoms with Gasteiger partial charge in [0.2, 0.25) is 0 Å². The van der Waals surface area contributed by atoms with Crippen molar-refractivity contribution in [2.24, 2.45) is 11.8 Å². The van der Waals surface area contributed by atoms with Crippen LogP contribution in [-0.2, 0) is 9.53 Å². The summed E-state index contributed by atoms with van der Waals surface area (Å²) in [6, 6.07) is 9.75. The first kappa shape index (κ1) is 18.4. The Hall–Kier alpha value is -1.35. The fourth-order valence-electron chi connectivity index (χ4n) is 4.46. The molecule has 0 heterocycles. The average Bonchev–Trinajstić information content (AvgIpc) is 2.69. The maximum absolute atomic E-state index is 12.7. The molecule has 0 unspecified atom stereocenters. The van der Waals surface area contributed by atoms with Gasteiger partial charge in [-0.05, 0) is 37.2 Å². The van der Waals surface area contributed by atoms with Crippen LogP contribution in [0.4, 0.5) is 0 Å². The van der Waals surface area contributed by atoms with E-state index in [0.717, 1.165) is 44.1 Å². The molecule has 2 atom stereocenters. The smallest absolute Gasteiger partial charge is 0.309 e. The maximum atomic E-state index is 12.7. The molecule has 0 aromatic heterocycles. The molecule has 138 valence electrons. The molecule has 3 rings (SSSR count). The van der Waals surface area contributed by atoms with Crippen molar-refractivity contribution in [1.29, 1.82) is 0 Å². The molecule has 2 aliphatic carbocycles. The van der Waals surface area contributed by atoms with E-state index in [4.69, 9.17) is 4.74 Å². The molecule has 2 aliphatic rings. The molecule has 3 heteroatoms. The zero-order valence-corrected chi connectivity index (χ0v) is 15.2. The number of rotatable bonds is 6. The first-order valence-corrected chi connectivity index (χ1v) is 10.2. The Bertz CT molecular complexity index is 515. The summed E-state index contributed by atoms with van der Waals surface area (Å²) in [5, 5.41) is 10.7. The summed E-state index contributed by atoms with van der Waals surface area (Å²) in [7, 11) is 0. The van der Waals surface area contributed by atoms with Crippen molar-refractivity contribution in [3.05, 3.63) is 35.9 Å². The number of benzene rings is 1. The molecule has 0 amide bonds. The molecule has 1 N–H and O–H groups in total. The lowest BCUT2D eigenvalue weighted by atomic mass is 9.82. The van der Waals surface area contributed by atoms with Crippen LogP contribution in [0.25, 0.3) is 0 Å². The summed E-state index contributed by atoms with van der Waals surface area (Å²) in [6.45, 7) is 0. The van der Waals surface area contributed by atoms with Gasteiger partial charge >= 0.3 is 5.97 Å². The summed E-state index contributed by atoms with van der Waals surface area (Å²) >= 11 is 0. The van der Waals surface area contributed by atoms with E-state index in [1.807, 2.05) is 30.3 Å². The first-order chi connectivity index (χ1) is 12.2. The number of hydrogen-bond acceptors (Lipinski definition) is 3. The predicted molar refractivity (Wildman–Crippen MR) is 99.0 cm³/mol. The van der Waals surface area contributed by atoms with E-state index in [2.05, 4.69) is 0 Å². The lowest BCUT2D eigenvalue weighted by molar-refractivity contribution is -0.160. The molecule has 0 aliphatic heterocycles. The van der Waals surface area contributed by atoms with Crippen LogP contribution in [0.1, 0.15) is 82.3 Å². The normalized spacial score (nSPS) is 22.3. The molecule has 2 saturated carbocycles. The van der Waals surface area contributed by atoms with Gasteiger partial charge in [0.15, 0.2) is 0 Å². The number of esters is 1. The molecule has 0 spiro atoms. The van der Waals surface area contributed by atoms with E-state index >= 15 is 0 Å². The SMILES string of the molecule is O=C(O[C@@H](C[C@H](O)c1ccccc1)C1CCCCC1)C1CCCCC1. The first-order valence-electron chi connectivity index (χ1n) is 10.2. The fourth-order valence-corrected chi connectivity index (χ4v) is 4.46. The van der Waals surface area contributed by atoms with Gasteiger partial charge in [0.05, 0.1) is 12.0 Å². The predicted octanol–water partition coefficient (Wildman–Crippen LogP) is 5.18. The minimum absolute atomic E-state index is 0.0180. The zero-order valence-electron chi connectivity index (χ0n) is 15.2. The number of carbonyl (C=O) groups is 1. The highest BCUT2D eigenvalue weighted by Crippen LogP contribution is 2.34. The van der Waals surface area contributed by atoms with Crippen molar-refractivity contribution in [3.8, 4) is 0 Å². The standard InChI is InChI=1S/C22H32O3/c23-20(17-10-4-1-5-11-17)16-21(18-12-6-2-7-13-18)25-22(24)19-14-8-3-9-15-19/h1,4-5,10-11,18-21,23H,2-3,6-9,12-16H2/t20-,21-/m0/s1. The zero-order chi connectivity index (χ0) is 17.5. The second-order valence-electron chi connectivity index (χ2n) is 7.87. The lowest BCUT2D eigenvalue weighted by Crippen LogP contribution is -2.33. The van der Waals surface area contributed by atoms with Crippen molar-refractivity contribution in [1.82, 2.24) is 0 Å². The van der Waals surface area contributed by atoms with Gasteiger partial charge in [-0.3, -0.25) is 4.79 Å². The van der Waals surface area contributed by atoms with Gasteiger partial charge in [-0.1, -0.05) is 68.9 Å². The van der Waals surface area contributed by atoms with E-state index in [1.54, 1.807) is 0 Å². The topological polar surface area (TPSA) is 46.5 Å². The molecule has 0 bridgehead atoms. The van der Waals surface area contributed by atoms with E-state index in [0.29, 0.717) is 12.3 Å². The van der Waals surface area contributed by atoms with Crippen molar-refractivity contribution in [3.63, 3.8) is 0 Å². The van der Waals surface area contributed by atoms with Crippen molar-refractivity contribution >= 4 is 5.97 Å². The summed E-state index contributed by atoms with van der Waals surface area (Å²) in [5.41, 5.74) is 0.914. The van der Waals surface area contributed by atoms with Crippen LogP contribution >= 0.6 is 0 Å². The van der Waals surface area contributed by atoms with Gasteiger partial charge < -0.3 is 9.84 Å². The molecular weight excluding hydrogens is 312 g/mol. The van der Waals surface area contributed by atoms with Gasteiger partial charge in [-0.15, -0.1) is 0 Å². The van der Waals surface area contributed by atoms with Crippen LogP contribution in [0.3, 0.4) is 0 Å². The van der Waals surface area contributed by atoms with Crippen molar-refractivity contribution in [2.75, 3.05) is 0 Å². The average molecular weight is 344 g/mol. The van der Waals surface area contributed by atoms with E-state index in [-0.39, 0.29) is 18.0 Å². The Morgan fingerprint density at radius 1 is 0.960 bits per heavy atom. The lowest BCUT2D eigenvalue weighted by Gasteiger charge is -2.33. The highest BCUT2D eigenvalue weighted by atomic mass is 16.5. The number of aliphatic hydroxyl groups is 1. The molecular formula is C22H32O3. The Morgan fingerprint density at radius 2 is 1.56 bits per heavy atom. The highest BCUT2D eigenvalue weighted by molar-refractivity contribution is 5.72. The third kappa shape index (κ3) is 5.31. The number of hydrogen-bond donors (Lipinski definition) is 1.